The molecule has 0 radical (unpaired) electrons. The van der Waals surface area contributed by atoms with Crippen molar-refractivity contribution in [3.63, 3.8) is 0 Å². The number of aliphatic hydroxyl groups excluding tert-OH is 1. The normalized spacial score (nSPS) is 15.2. The predicted molar refractivity (Wildman–Crippen MR) is 79.1 cm³/mol. The molecule has 0 aliphatic carbocycles. The molecule has 2 N–H and O–H groups in total. The van der Waals surface area contributed by atoms with Gasteiger partial charge in [0.1, 0.15) is 0 Å². The van der Waals surface area contributed by atoms with Gasteiger partial charge in [-0.15, -0.1) is 0 Å². The molecule has 0 saturated carbocycles. The van der Waals surface area contributed by atoms with Gasteiger partial charge in [-0.1, -0.05) is 52.8 Å². The minimum absolute atomic E-state index is 0.0506. The van der Waals surface area contributed by atoms with Gasteiger partial charge in [0.05, 0.1) is 6.61 Å². The minimum Gasteiger partial charge on any atom is -0.396 e. The van der Waals surface area contributed by atoms with Crippen molar-refractivity contribution < 1.29 is 5.11 Å². The third kappa shape index (κ3) is 3.74. The Kier molecular flexibility index (Phi) is 4.80. The SMILES string of the molecule is CCC(C)(CO)CNc1ccccc1C(C)(C)C. The van der Waals surface area contributed by atoms with Gasteiger partial charge in [0.2, 0.25) is 0 Å². The Balaban J connectivity index is 2.86. The first kappa shape index (κ1) is 15.0. The van der Waals surface area contributed by atoms with Gasteiger partial charge in [-0.25, -0.2) is 0 Å². The molecular weight excluding hydrogens is 222 g/mol. The Hall–Kier alpha value is -1.02. The van der Waals surface area contributed by atoms with Crippen LogP contribution < -0.4 is 5.32 Å². The van der Waals surface area contributed by atoms with Crippen molar-refractivity contribution >= 4 is 5.69 Å². The average Bonchev–Trinajstić information content (AvgIpc) is 2.35. The second-order valence-corrected chi connectivity index (χ2v) is 6.47. The molecule has 2 nitrogen and oxygen atoms in total. The highest BCUT2D eigenvalue weighted by Gasteiger charge is 2.22. The van der Waals surface area contributed by atoms with Gasteiger partial charge in [-0.3, -0.25) is 0 Å². The molecule has 0 aromatic heterocycles. The van der Waals surface area contributed by atoms with E-state index in [0.717, 1.165) is 13.0 Å². The number of hydrogen-bond donors (Lipinski definition) is 2. The Morgan fingerprint density at radius 1 is 1.11 bits per heavy atom. The van der Waals surface area contributed by atoms with E-state index in [1.165, 1.54) is 11.3 Å². The summed E-state index contributed by atoms with van der Waals surface area (Å²) in [5, 5.41) is 13.0. The molecular formula is C16H27NO. The summed E-state index contributed by atoms with van der Waals surface area (Å²) in [6.07, 6.45) is 0.966. The molecule has 0 amide bonds. The summed E-state index contributed by atoms with van der Waals surface area (Å²) < 4.78 is 0. The van der Waals surface area contributed by atoms with Crippen LogP contribution >= 0.6 is 0 Å². The largest absolute Gasteiger partial charge is 0.396 e. The number of aliphatic hydroxyl groups is 1. The fraction of sp³-hybridized carbons (Fsp3) is 0.625. The number of rotatable bonds is 5. The maximum Gasteiger partial charge on any atom is 0.0501 e. The minimum atomic E-state index is -0.0506. The number of para-hydroxylation sites is 1. The summed E-state index contributed by atoms with van der Waals surface area (Å²) in [4.78, 5) is 0. The fourth-order valence-corrected chi connectivity index (χ4v) is 1.89. The zero-order valence-corrected chi connectivity index (χ0v) is 12.4. The van der Waals surface area contributed by atoms with Crippen molar-refractivity contribution in [3.8, 4) is 0 Å². The van der Waals surface area contributed by atoms with Crippen LogP contribution in [0, 0.1) is 5.41 Å². The van der Waals surface area contributed by atoms with Gasteiger partial charge >= 0.3 is 0 Å². The molecule has 1 aromatic rings. The third-order valence-electron chi connectivity index (χ3n) is 3.68. The quantitative estimate of drug-likeness (QED) is 0.832. The van der Waals surface area contributed by atoms with Crippen LogP contribution in [0.4, 0.5) is 5.69 Å². The van der Waals surface area contributed by atoms with Gasteiger partial charge in [0.25, 0.3) is 0 Å². The lowest BCUT2D eigenvalue weighted by atomic mass is 9.85. The van der Waals surface area contributed by atoms with E-state index in [9.17, 15) is 5.11 Å². The Morgan fingerprint density at radius 2 is 1.72 bits per heavy atom. The standard InChI is InChI=1S/C16H27NO/c1-6-16(5,12-18)11-17-14-10-8-7-9-13(14)15(2,3)4/h7-10,17-18H,6,11-12H2,1-5H3. The number of anilines is 1. The molecule has 0 aliphatic heterocycles. The molecule has 1 atom stereocenters. The van der Waals surface area contributed by atoms with Crippen molar-refractivity contribution in [1.82, 2.24) is 0 Å². The third-order valence-corrected chi connectivity index (χ3v) is 3.68. The van der Waals surface area contributed by atoms with E-state index < -0.39 is 0 Å². The highest BCUT2D eigenvalue weighted by Crippen LogP contribution is 2.30. The molecule has 1 unspecified atom stereocenters. The molecule has 2 heteroatoms. The molecule has 1 aromatic carbocycles. The summed E-state index contributed by atoms with van der Waals surface area (Å²) in [5.41, 5.74) is 2.58. The molecule has 0 saturated heterocycles. The van der Waals surface area contributed by atoms with Crippen LogP contribution in [0.25, 0.3) is 0 Å². The van der Waals surface area contributed by atoms with Gasteiger partial charge in [-0.05, 0) is 23.5 Å². The number of hydrogen-bond acceptors (Lipinski definition) is 2. The summed E-state index contributed by atoms with van der Waals surface area (Å²) in [7, 11) is 0. The predicted octanol–water partition coefficient (Wildman–Crippen LogP) is 3.80. The first-order valence-corrected chi connectivity index (χ1v) is 6.76. The number of benzene rings is 1. The van der Waals surface area contributed by atoms with E-state index in [2.05, 4.69) is 64.2 Å². The smallest absolute Gasteiger partial charge is 0.0501 e. The van der Waals surface area contributed by atoms with Crippen molar-refractivity contribution in [2.75, 3.05) is 18.5 Å². The molecule has 0 spiro atoms. The zero-order chi connectivity index (χ0) is 13.8. The summed E-state index contributed by atoms with van der Waals surface area (Å²) in [6, 6.07) is 8.43. The van der Waals surface area contributed by atoms with Crippen molar-refractivity contribution in [3.05, 3.63) is 29.8 Å². The van der Waals surface area contributed by atoms with Gasteiger partial charge in [0.15, 0.2) is 0 Å². The van der Waals surface area contributed by atoms with E-state index in [-0.39, 0.29) is 17.4 Å². The molecule has 0 bridgehead atoms. The highest BCUT2D eigenvalue weighted by molar-refractivity contribution is 5.54. The molecule has 18 heavy (non-hydrogen) atoms. The molecule has 0 fully saturated rings. The first-order chi connectivity index (χ1) is 8.32. The topological polar surface area (TPSA) is 32.3 Å². The van der Waals surface area contributed by atoms with E-state index in [1.807, 2.05) is 0 Å². The van der Waals surface area contributed by atoms with Crippen LogP contribution in [0.2, 0.25) is 0 Å². The molecule has 102 valence electrons. The van der Waals surface area contributed by atoms with Crippen LogP contribution in [-0.4, -0.2) is 18.3 Å². The van der Waals surface area contributed by atoms with Crippen molar-refractivity contribution in [2.45, 2.75) is 46.5 Å². The maximum atomic E-state index is 9.45. The van der Waals surface area contributed by atoms with E-state index in [4.69, 9.17) is 0 Å². The van der Waals surface area contributed by atoms with Crippen LogP contribution in [0.3, 0.4) is 0 Å². The maximum absolute atomic E-state index is 9.45. The lowest BCUT2D eigenvalue weighted by Crippen LogP contribution is -2.30. The Labute approximate surface area is 111 Å². The first-order valence-electron chi connectivity index (χ1n) is 6.76. The Morgan fingerprint density at radius 3 is 2.22 bits per heavy atom. The summed E-state index contributed by atoms with van der Waals surface area (Å²) in [5.74, 6) is 0. The Bertz CT molecular complexity index is 375. The monoisotopic (exact) mass is 249 g/mol. The second-order valence-electron chi connectivity index (χ2n) is 6.47. The van der Waals surface area contributed by atoms with Crippen LogP contribution in [0.5, 0.6) is 0 Å². The average molecular weight is 249 g/mol. The van der Waals surface area contributed by atoms with E-state index in [1.54, 1.807) is 0 Å². The fourth-order valence-electron chi connectivity index (χ4n) is 1.89. The summed E-state index contributed by atoms with van der Waals surface area (Å²) in [6.45, 7) is 11.9. The van der Waals surface area contributed by atoms with Crippen LogP contribution in [-0.2, 0) is 5.41 Å². The van der Waals surface area contributed by atoms with Gasteiger partial charge in [0, 0.05) is 17.6 Å². The molecule has 0 heterocycles. The van der Waals surface area contributed by atoms with Crippen LogP contribution in [0.15, 0.2) is 24.3 Å². The van der Waals surface area contributed by atoms with Crippen molar-refractivity contribution in [2.24, 2.45) is 5.41 Å². The highest BCUT2D eigenvalue weighted by atomic mass is 16.3. The van der Waals surface area contributed by atoms with Gasteiger partial charge in [-0.2, -0.15) is 0 Å². The zero-order valence-electron chi connectivity index (χ0n) is 12.4. The lowest BCUT2D eigenvalue weighted by Gasteiger charge is -2.29. The number of nitrogens with one attached hydrogen (secondary N) is 1. The molecule has 1 rings (SSSR count). The van der Waals surface area contributed by atoms with Crippen molar-refractivity contribution in [1.29, 1.82) is 0 Å². The van der Waals surface area contributed by atoms with Gasteiger partial charge < -0.3 is 10.4 Å². The van der Waals surface area contributed by atoms with E-state index >= 15 is 0 Å². The molecule has 0 aliphatic rings. The lowest BCUT2D eigenvalue weighted by molar-refractivity contribution is 0.149. The van der Waals surface area contributed by atoms with Crippen LogP contribution in [0.1, 0.15) is 46.6 Å². The summed E-state index contributed by atoms with van der Waals surface area (Å²) >= 11 is 0. The second kappa shape index (κ2) is 5.75. The van der Waals surface area contributed by atoms with E-state index in [0.29, 0.717) is 0 Å².